The molecular formula is C19H19ClN2OS2. The van der Waals surface area contributed by atoms with Gasteiger partial charge >= 0.3 is 0 Å². The summed E-state index contributed by atoms with van der Waals surface area (Å²) in [5, 5.41) is 3.95. The number of aromatic nitrogens is 1. The minimum absolute atomic E-state index is 0.0977. The van der Waals surface area contributed by atoms with Gasteiger partial charge in [0, 0.05) is 5.69 Å². The Morgan fingerprint density at radius 2 is 1.80 bits per heavy atom. The number of carbonyl (C=O) groups is 1. The summed E-state index contributed by atoms with van der Waals surface area (Å²) >= 11 is 8.89. The van der Waals surface area contributed by atoms with Crippen molar-refractivity contribution in [3.63, 3.8) is 0 Å². The fraction of sp³-hybridized carbons (Fsp3) is 0.263. The van der Waals surface area contributed by atoms with Crippen molar-refractivity contribution in [3.05, 3.63) is 56.4 Å². The van der Waals surface area contributed by atoms with Crippen molar-refractivity contribution in [2.75, 3.05) is 5.32 Å². The number of hydrogen-bond donors (Lipinski definition) is 1. The predicted octanol–water partition coefficient (Wildman–Crippen LogP) is 6.21. The summed E-state index contributed by atoms with van der Waals surface area (Å²) < 4.78 is 0.721. The molecule has 3 rings (SSSR count). The normalized spacial score (nSPS) is 10.9. The van der Waals surface area contributed by atoms with E-state index in [-0.39, 0.29) is 5.91 Å². The third kappa shape index (κ3) is 3.78. The first-order valence-electron chi connectivity index (χ1n) is 8.18. The molecule has 1 N–H and O–H groups in total. The average Bonchev–Trinajstić information content (AvgIpc) is 3.20. The van der Waals surface area contributed by atoms with Gasteiger partial charge in [-0.1, -0.05) is 43.6 Å². The number of thiophene rings is 1. The lowest BCUT2D eigenvalue weighted by molar-refractivity contribution is 0.102. The van der Waals surface area contributed by atoms with Crippen molar-refractivity contribution in [1.29, 1.82) is 0 Å². The molecule has 6 heteroatoms. The highest BCUT2D eigenvalue weighted by molar-refractivity contribution is 7.24. The second-order valence-corrected chi connectivity index (χ2v) is 8.36. The van der Waals surface area contributed by atoms with E-state index in [1.54, 1.807) is 0 Å². The molecule has 0 saturated carbocycles. The Balaban J connectivity index is 1.91. The SMILES string of the molecule is CCc1cccc(CC)c1NC(=O)c1sc(-c2ccc(Cl)s2)nc1C. The number of benzene rings is 1. The van der Waals surface area contributed by atoms with Gasteiger partial charge in [0.05, 0.1) is 14.9 Å². The van der Waals surface area contributed by atoms with E-state index in [1.807, 2.05) is 25.1 Å². The van der Waals surface area contributed by atoms with Gasteiger partial charge < -0.3 is 5.32 Å². The molecular weight excluding hydrogens is 372 g/mol. The van der Waals surface area contributed by atoms with Crippen LogP contribution in [-0.4, -0.2) is 10.9 Å². The Bertz CT molecular complexity index is 892. The molecule has 0 aliphatic heterocycles. The molecule has 2 heterocycles. The number of nitrogens with zero attached hydrogens (tertiary/aromatic N) is 1. The highest BCUT2D eigenvalue weighted by atomic mass is 35.5. The fourth-order valence-electron chi connectivity index (χ4n) is 2.72. The van der Waals surface area contributed by atoms with E-state index in [9.17, 15) is 4.79 Å². The number of anilines is 1. The van der Waals surface area contributed by atoms with Crippen LogP contribution in [0.1, 0.15) is 40.3 Å². The minimum atomic E-state index is -0.0977. The van der Waals surface area contributed by atoms with Gasteiger partial charge in [0.1, 0.15) is 9.88 Å². The van der Waals surface area contributed by atoms with Gasteiger partial charge in [0.2, 0.25) is 0 Å². The average molecular weight is 391 g/mol. The molecule has 2 aromatic heterocycles. The van der Waals surface area contributed by atoms with Crippen LogP contribution >= 0.6 is 34.3 Å². The molecule has 0 unspecified atom stereocenters. The molecule has 1 aromatic carbocycles. The monoisotopic (exact) mass is 390 g/mol. The summed E-state index contributed by atoms with van der Waals surface area (Å²) in [5.41, 5.74) is 3.99. The number of halogens is 1. The van der Waals surface area contributed by atoms with Crippen LogP contribution in [-0.2, 0) is 12.8 Å². The van der Waals surface area contributed by atoms with Crippen LogP contribution in [0.5, 0.6) is 0 Å². The zero-order chi connectivity index (χ0) is 18.0. The van der Waals surface area contributed by atoms with Gasteiger partial charge in [-0.15, -0.1) is 22.7 Å². The lowest BCUT2D eigenvalue weighted by Crippen LogP contribution is -2.14. The molecule has 0 aliphatic carbocycles. The molecule has 0 atom stereocenters. The smallest absolute Gasteiger partial charge is 0.267 e. The summed E-state index contributed by atoms with van der Waals surface area (Å²) in [7, 11) is 0. The van der Waals surface area contributed by atoms with E-state index < -0.39 is 0 Å². The van der Waals surface area contributed by atoms with E-state index in [0.29, 0.717) is 4.88 Å². The van der Waals surface area contributed by atoms with Gasteiger partial charge in [0.15, 0.2) is 0 Å². The summed E-state index contributed by atoms with van der Waals surface area (Å²) in [6.07, 6.45) is 1.76. The van der Waals surface area contributed by atoms with Gasteiger partial charge in [0.25, 0.3) is 5.91 Å². The Labute approximate surface area is 160 Å². The Hall–Kier alpha value is -1.69. The second-order valence-electron chi connectivity index (χ2n) is 5.65. The first-order chi connectivity index (χ1) is 12.0. The number of amides is 1. The van der Waals surface area contributed by atoms with E-state index in [1.165, 1.54) is 22.7 Å². The van der Waals surface area contributed by atoms with Crippen LogP contribution in [0.2, 0.25) is 4.34 Å². The lowest BCUT2D eigenvalue weighted by atomic mass is 10.0. The molecule has 1 amide bonds. The molecule has 130 valence electrons. The van der Waals surface area contributed by atoms with E-state index in [4.69, 9.17) is 11.6 Å². The number of nitrogens with one attached hydrogen (secondary N) is 1. The van der Waals surface area contributed by atoms with Gasteiger partial charge in [-0.2, -0.15) is 0 Å². The van der Waals surface area contributed by atoms with Crippen LogP contribution in [0.3, 0.4) is 0 Å². The van der Waals surface area contributed by atoms with Crippen LogP contribution in [0.4, 0.5) is 5.69 Å². The van der Waals surface area contributed by atoms with Crippen LogP contribution in [0.25, 0.3) is 9.88 Å². The van der Waals surface area contributed by atoms with Gasteiger partial charge in [-0.3, -0.25) is 4.79 Å². The summed E-state index contributed by atoms with van der Waals surface area (Å²) in [6.45, 7) is 6.07. The second kappa shape index (κ2) is 7.68. The van der Waals surface area contributed by atoms with E-state index >= 15 is 0 Å². The molecule has 0 bridgehead atoms. The maximum absolute atomic E-state index is 12.9. The minimum Gasteiger partial charge on any atom is -0.321 e. The maximum atomic E-state index is 12.9. The van der Waals surface area contributed by atoms with Crippen molar-refractivity contribution in [3.8, 4) is 9.88 Å². The number of thiazole rings is 1. The first-order valence-corrected chi connectivity index (χ1v) is 10.2. The molecule has 0 saturated heterocycles. The Kier molecular flexibility index (Phi) is 5.57. The molecule has 25 heavy (non-hydrogen) atoms. The Morgan fingerprint density at radius 1 is 1.12 bits per heavy atom. The van der Waals surface area contributed by atoms with Crippen molar-refractivity contribution in [2.45, 2.75) is 33.6 Å². The van der Waals surface area contributed by atoms with Crippen molar-refractivity contribution in [1.82, 2.24) is 4.98 Å². The molecule has 0 fully saturated rings. The molecule has 0 radical (unpaired) electrons. The number of aryl methyl sites for hydroxylation is 3. The zero-order valence-electron chi connectivity index (χ0n) is 14.4. The van der Waals surface area contributed by atoms with Crippen molar-refractivity contribution < 1.29 is 4.79 Å². The summed E-state index contributed by atoms with van der Waals surface area (Å²) in [6, 6.07) is 9.96. The molecule has 0 spiro atoms. The van der Waals surface area contributed by atoms with Gasteiger partial charge in [-0.05, 0) is 43.0 Å². The summed E-state index contributed by atoms with van der Waals surface area (Å²) in [5.74, 6) is -0.0977. The number of para-hydroxylation sites is 1. The lowest BCUT2D eigenvalue weighted by Gasteiger charge is -2.14. The van der Waals surface area contributed by atoms with Crippen molar-refractivity contribution >= 4 is 45.9 Å². The van der Waals surface area contributed by atoms with Crippen LogP contribution < -0.4 is 5.32 Å². The highest BCUT2D eigenvalue weighted by Crippen LogP contribution is 2.35. The maximum Gasteiger partial charge on any atom is 0.267 e. The standard InChI is InChI=1S/C19H19ClN2OS2/c1-4-12-7-6-8-13(5-2)16(12)22-18(23)17-11(3)21-19(25-17)14-9-10-15(20)24-14/h6-10H,4-5H2,1-3H3,(H,22,23). The van der Waals surface area contributed by atoms with E-state index in [2.05, 4.69) is 36.3 Å². The quantitative estimate of drug-likeness (QED) is 0.562. The highest BCUT2D eigenvalue weighted by Gasteiger charge is 2.19. The topological polar surface area (TPSA) is 42.0 Å². The number of rotatable bonds is 5. The third-order valence-electron chi connectivity index (χ3n) is 4.02. The first kappa shape index (κ1) is 18.1. The van der Waals surface area contributed by atoms with Crippen molar-refractivity contribution in [2.24, 2.45) is 0 Å². The number of carbonyl (C=O) groups excluding carboxylic acids is 1. The van der Waals surface area contributed by atoms with Crippen LogP contribution in [0.15, 0.2) is 30.3 Å². The molecule has 0 aliphatic rings. The molecule has 3 nitrogen and oxygen atoms in total. The summed E-state index contributed by atoms with van der Waals surface area (Å²) in [4.78, 5) is 19.0. The fourth-order valence-corrected chi connectivity index (χ4v) is 4.77. The number of hydrogen-bond acceptors (Lipinski definition) is 4. The largest absolute Gasteiger partial charge is 0.321 e. The zero-order valence-corrected chi connectivity index (χ0v) is 16.7. The third-order valence-corrected chi connectivity index (χ3v) is 6.58. The van der Waals surface area contributed by atoms with Gasteiger partial charge in [-0.25, -0.2) is 4.98 Å². The Morgan fingerprint density at radius 3 is 2.36 bits per heavy atom. The predicted molar refractivity (Wildman–Crippen MR) is 108 cm³/mol. The molecule has 3 aromatic rings. The van der Waals surface area contributed by atoms with Crippen LogP contribution in [0, 0.1) is 6.92 Å². The van der Waals surface area contributed by atoms with E-state index in [0.717, 1.165) is 49.6 Å².